The Bertz CT molecular complexity index is 786. The van der Waals surface area contributed by atoms with E-state index in [1.54, 1.807) is 0 Å². The number of hydrogen-bond acceptors (Lipinski definition) is 2. The van der Waals surface area contributed by atoms with Gasteiger partial charge in [-0.3, -0.25) is 0 Å². The van der Waals surface area contributed by atoms with Crippen LogP contribution < -0.4 is 0 Å². The van der Waals surface area contributed by atoms with E-state index in [1.807, 2.05) is 26.8 Å². The summed E-state index contributed by atoms with van der Waals surface area (Å²) in [7, 11) is 0. The van der Waals surface area contributed by atoms with Gasteiger partial charge in [-0.05, 0) is 67.5 Å². The molecule has 2 nitrogen and oxygen atoms in total. The molecule has 29 heavy (non-hydrogen) atoms. The van der Waals surface area contributed by atoms with Crippen LogP contribution >= 0.6 is 0 Å². The smallest absolute Gasteiger partial charge is 0.121 e. The number of benzene rings is 2. The van der Waals surface area contributed by atoms with Gasteiger partial charge < -0.3 is 10.2 Å². The highest BCUT2D eigenvalue weighted by atomic mass is 16.3. The van der Waals surface area contributed by atoms with Crippen molar-refractivity contribution in [3.8, 4) is 11.5 Å². The number of phenols is 2. The van der Waals surface area contributed by atoms with E-state index in [0.29, 0.717) is 11.5 Å². The third-order valence-corrected chi connectivity index (χ3v) is 7.00. The quantitative estimate of drug-likeness (QED) is 0.550. The Morgan fingerprint density at radius 1 is 0.586 bits per heavy atom. The fraction of sp³-hybridized carbons (Fsp3) is 0.556. The maximum atomic E-state index is 10.4. The standard InChI is InChI=1S/C27H38O2/c1-20-17-23(13-14-25(20)28)27(24-18-21(2)26(29)22(3)19-24)15-11-9-7-5-4-6-8-10-12-16-27/h13-14,17-19,28-29H,4-12,15-16H2,1-3H3. The molecule has 2 N–H and O–H groups in total. The lowest BCUT2D eigenvalue weighted by Crippen LogP contribution is -2.28. The van der Waals surface area contributed by atoms with Crippen LogP contribution in [0.25, 0.3) is 0 Å². The molecule has 2 heteroatoms. The molecule has 1 aliphatic carbocycles. The third kappa shape index (κ3) is 4.97. The van der Waals surface area contributed by atoms with Gasteiger partial charge in [0.25, 0.3) is 0 Å². The van der Waals surface area contributed by atoms with E-state index >= 15 is 0 Å². The Labute approximate surface area is 177 Å². The molecule has 0 radical (unpaired) electrons. The lowest BCUT2D eigenvalue weighted by atomic mass is 9.67. The Morgan fingerprint density at radius 3 is 1.52 bits per heavy atom. The molecule has 1 saturated carbocycles. The van der Waals surface area contributed by atoms with Crippen molar-refractivity contribution in [2.24, 2.45) is 0 Å². The van der Waals surface area contributed by atoms with Crippen molar-refractivity contribution >= 4 is 0 Å². The van der Waals surface area contributed by atoms with Crippen molar-refractivity contribution in [3.63, 3.8) is 0 Å². The van der Waals surface area contributed by atoms with Crippen LogP contribution in [0, 0.1) is 20.8 Å². The summed E-state index contributed by atoms with van der Waals surface area (Å²) < 4.78 is 0. The zero-order chi connectivity index (χ0) is 20.9. The van der Waals surface area contributed by atoms with Gasteiger partial charge in [0.1, 0.15) is 11.5 Å². The Hall–Kier alpha value is -1.96. The van der Waals surface area contributed by atoms with Crippen molar-refractivity contribution in [1.82, 2.24) is 0 Å². The highest BCUT2D eigenvalue weighted by molar-refractivity contribution is 5.50. The van der Waals surface area contributed by atoms with E-state index in [-0.39, 0.29) is 5.41 Å². The van der Waals surface area contributed by atoms with Gasteiger partial charge in [0, 0.05) is 5.41 Å². The number of aryl methyl sites for hydroxylation is 3. The molecule has 2 aromatic carbocycles. The average molecular weight is 395 g/mol. The van der Waals surface area contributed by atoms with Crippen LogP contribution in [-0.2, 0) is 5.41 Å². The molecule has 0 aromatic heterocycles. The molecular formula is C27H38O2. The number of hydrogen-bond donors (Lipinski definition) is 2. The van der Waals surface area contributed by atoms with Crippen molar-refractivity contribution in [2.45, 2.75) is 96.8 Å². The van der Waals surface area contributed by atoms with Crippen LogP contribution in [0.5, 0.6) is 11.5 Å². The first-order chi connectivity index (χ1) is 13.9. The first-order valence-corrected chi connectivity index (χ1v) is 11.5. The fourth-order valence-corrected chi connectivity index (χ4v) is 5.15. The third-order valence-electron chi connectivity index (χ3n) is 7.00. The normalized spacial score (nSPS) is 18.6. The van der Waals surface area contributed by atoms with Crippen LogP contribution in [-0.4, -0.2) is 10.2 Å². The molecule has 1 aliphatic rings. The van der Waals surface area contributed by atoms with Crippen molar-refractivity contribution < 1.29 is 10.2 Å². The highest BCUT2D eigenvalue weighted by Crippen LogP contribution is 2.45. The topological polar surface area (TPSA) is 40.5 Å². The average Bonchev–Trinajstić information content (AvgIpc) is 2.69. The second kappa shape index (κ2) is 9.69. The summed E-state index contributed by atoms with van der Waals surface area (Å²) in [5.74, 6) is 0.786. The lowest BCUT2D eigenvalue weighted by Gasteiger charge is -2.37. The zero-order valence-corrected chi connectivity index (χ0v) is 18.6. The molecule has 1 fully saturated rings. The van der Waals surface area contributed by atoms with Gasteiger partial charge in [-0.15, -0.1) is 0 Å². The van der Waals surface area contributed by atoms with E-state index in [2.05, 4.69) is 24.3 Å². The monoisotopic (exact) mass is 394 g/mol. The second-order valence-corrected chi connectivity index (χ2v) is 9.22. The number of phenolic OH excluding ortho intramolecular Hbond substituents is 2. The van der Waals surface area contributed by atoms with Gasteiger partial charge in [0.2, 0.25) is 0 Å². The fourth-order valence-electron chi connectivity index (χ4n) is 5.15. The first-order valence-electron chi connectivity index (χ1n) is 11.5. The number of rotatable bonds is 2. The van der Waals surface area contributed by atoms with Crippen molar-refractivity contribution in [2.75, 3.05) is 0 Å². The largest absolute Gasteiger partial charge is 0.508 e. The number of aromatic hydroxyl groups is 2. The molecule has 0 aliphatic heterocycles. The Kier molecular flexibility index (Phi) is 7.27. The van der Waals surface area contributed by atoms with Gasteiger partial charge in [-0.25, -0.2) is 0 Å². The molecule has 0 heterocycles. The summed E-state index contributed by atoms with van der Waals surface area (Å²) in [4.78, 5) is 0. The van der Waals surface area contributed by atoms with Crippen molar-refractivity contribution in [3.05, 3.63) is 58.1 Å². The minimum Gasteiger partial charge on any atom is -0.508 e. The lowest BCUT2D eigenvalue weighted by molar-refractivity contribution is 0.380. The maximum absolute atomic E-state index is 10.4. The van der Waals surface area contributed by atoms with Crippen LogP contribution in [0.2, 0.25) is 0 Å². The zero-order valence-electron chi connectivity index (χ0n) is 18.6. The van der Waals surface area contributed by atoms with Gasteiger partial charge >= 0.3 is 0 Å². The predicted molar refractivity (Wildman–Crippen MR) is 122 cm³/mol. The van der Waals surface area contributed by atoms with Crippen LogP contribution in [0.3, 0.4) is 0 Å². The van der Waals surface area contributed by atoms with E-state index in [0.717, 1.165) is 29.5 Å². The summed E-state index contributed by atoms with van der Waals surface area (Å²) in [6.07, 6.45) is 14.0. The molecule has 0 atom stereocenters. The minimum atomic E-state index is -0.0547. The maximum Gasteiger partial charge on any atom is 0.121 e. The Balaban J connectivity index is 2.10. The molecule has 0 saturated heterocycles. The summed E-state index contributed by atoms with van der Waals surface area (Å²) in [6, 6.07) is 10.6. The predicted octanol–water partition coefficient (Wildman–Crippen LogP) is 7.61. The second-order valence-electron chi connectivity index (χ2n) is 9.22. The van der Waals surface area contributed by atoms with E-state index in [1.165, 1.54) is 68.9 Å². The highest BCUT2D eigenvalue weighted by Gasteiger charge is 2.34. The van der Waals surface area contributed by atoms with E-state index in [4.69, 9.17) is 0 Å². The van der Waals surface area contributed by atoms with Gasteiger partial charge in [0.05, 0.1) is 0 Å². The summed E-state index contributed by atoms with van der Waals surface area (Å²) in [6.45, 7) is 6.02. The van der Waals surface area contributed by atoms with Gasteiger partial charge in [-0.1, -0.05) is 82.1 Å². The minimum absolute atomic E-state index is 0.0547. The van der Waals surface area contributed by atoms with Gasteiger partial charge in [0.15, 0.2) is 0 Å². The first kappa shape index (κ1) is 21.7. The van der Waals surface area contributed by atoms with Gasteiger partial charge in [-0.2, -0.15) is 0 Å². The summed E-state index contributed by atoms with van der Waals surface area (Å²) >= 11 is 0. The summed E-state index contributed by atoms with van der Waals surface area (Å²) in [5.41, 5.74) is 5.45. The summed E-state index contributed by atoms with van der Waals surface area (Å²) in [5, 5.41) is 20.5. The molecule has 0 bridgehead atoms. The molecule has 3 rings (SSSR count). The van der Waals surface area contributed by atoms with E-state index in [9.17, 15) is 10.2 Å². The molecule has 158 valence electrons. The Morgan fingerprint density at radius 2 is 1.03 bits per heavy atom. The molecule has 2 aromatic rings. The van der Waals surface area contributed by atoms with Crippen LogP contribution in [0.1, 0.15) is 98.4 Å². The van der Waals surface area contributed by atoms with E-state index < -0.39 is 0 Å². The van der Waals surface area contributed by atoms with Crippen LogP contribution in [0.15, 0.2) is 30.3 Å². The van der Waals surface area contributed by atoms with Crippen molar-refractivity contribution in [1.29, 1.82) is 0 Å². The molecular weight excluding hydrogens is 356 g/mol. The molecule has 0 spiro atoms. The molecule has 0 amide bonds. The SMILES string of the molecule is Cc1cc(C2(c3cc(C)c(O)c(C)c3)CCCCCCCCCCC2)ccc1O. The molecule has 0 unspecified atom stereocenters. The van der Waals surface area contributed by atoms with Crippen LogP contribution in [0.4, 0.5) is 0 Å².